The molecule has 0 spiro atoms. The van der Waals surface area contributed by atoms with Gasteiger partial charge in [0.25, 0.3) is 0 Å². The second-order valence-corrected chi connectivity index (χ2v) is 6.54. The molecule has 19 heavy (non-hydrogen) atoms. The largest absolute Gasteiger partial charge is 0.497 e. The first-order valence-corrected chi connectivity index (χ1v) is 7.83. The molecule has 0 aromatic heterocycles. The topological polar surface area (TPSA) is 75.6 Å². The molecule has 6 heteroatoms. The molecule has 1 aromatic rings. The first-order chi connectivity index (χ1) is 9.03. The van der Waals surface area contributed by atoms with Crippen LogP contribution in [-0.2, 0) is 10.0 Å². The predicted octanol–water partition coefficient (Wildman–Crippen LogP) is 1.13. The maximum atomic E-state index is 12.0. The summed E-state index contributed by atoms with van der Waals surface area (Å²) in [5.41, 5.74) is 0. The number of methoxy groups -OCH3 is 1. The van der Waals surface area contributed by atoms with Crippen molar-refractivity contribution in [2.24, 2.45) is 5.92 Å². The van der Waals surface area contributed by atoms with Gasteiger partial charge in [0.1, 0.15) is 5.75 Å². The van der Waals surface area contributed by atoms with Crippen LogP contribution in [0.25, 0.3) is 0 Å². The van der Waals surface area contributed by atoms with Crippen LogP contribution in [0.2, 0.25) is 0 Å². The zero-order chi connectivity index (χ0) is 13.9. The number of benzene rings is 1. The van der Waals surface area contributed by atoms with Crippen LogP contribution in [0.5, 0.6) is 5.75 Å². The monoisotopic (exact) mass is 285 g/mol. The van der Waals surface area contributed by atoms with E-state index < -0.39 is 16.1 Å². The zero-order valence-corrected chi connectivity index (χ0v) is 11.7. The van der Waals surface area contributed by atoms with Gasteiger partial charge in [-0.05, 0) is 37.3 Å². The molecule has 0 bridgehead atoms. The highest BCUT2D eigenvalue weighted by molar-refractivity contribution is 7.89. The van der Waals surface area contributed by atoms with Crippen molar-refractivity contribution in [3.63, 3.8) is 0 Å². The molecular weight excluding hydrogens is 266 g/mol. The van der Waals surface area contributed by atoms with Crippen molar-refractivity contribution in [3.05, 3.63) is 24.3 Å². The van der Waals surface area contributed by atoms with Crippen LogP contribution in [0.4, 0.5) is 0 Å². The van der Waals surface area contributed by atoms with Gasteiger partial charge in [0.2, 0.25) is 10.0 Å². The molecule has 2 rings (SSSR count). The lowest BCUT2D eigenvalue weighted by Crippen LogP contribution is -2.27. The lowest BCUT2D eigenvalue weighted by Gasteiger charge is -2.11. The van der Waals surface area contributed by atoms with Crippen LogP contribution in [0.3, 0.4) is 0 Å². The van der Waals surface area contributed by atoms with Crippen molar-refractivity contribution < 1.29 is 18.3 Å². The van der Waals surface area contributed by atoms with Crippen molar-refractivity contribution in [2.75, 3.05) is 13.7 Å². The van der Waals surface area contributed by atoms with Gasteiger partial charge in [0, 0.05) is 12.6 Å². The standard InChI is InChI=1S/C13H19NO4S/c1-18-11-3-2-4-12(9-11)19(16,17)14-8-7-13(15)10-5-6-10/h2-4,9-10,13-15H,5-8H2,1H3. The summed E-state index contributed by atoms with van der Waals surface area (Å²) in [6.07, 6.45) is 2.15. The SMILES string of the molecule is COc1cccc(S(=O)(=O)NCCC(O)C2CC2)c1. The van der Waals surface area contributed by atoms with Crippen molar-refractivity contribution >= 4 is 10.0 Å². The third-order valence-corrected chi connectivity index (χ3v) is 4.71. The summed E-state index contributed by atoms with van der Waals surface area (Å²) in [5, 5.41) is 9.68. The van der Waals surface area contributed by atoms with Crippen LogP contribution < -0.4 is 9.46 Å². The summed E-state index contributed by atoms with van der Waals surface area (Å²) in [5.74, 6) is 0.863. The number of ether oxygens (including phenoxy) is 1. The van der Waals surface area contributed by atoms with Crippen molar-refractivity contribution in [1.29, 1.82) is 0 Å². The van der Waals surface area contributed by atoms with Crippen molar-refractivity contribution in [3.8, 4) is 5.75 Å². The Balaban J connectivity index is 1.93. The Kier molecular flexibility index (Phi) is 4.44. The summed E-state index contributed by atoms with van der Waals surface area (Å²) in [4.78, 5) is 0.174. The molecule has 0 radical (unpaired) electrons. The fourth-order valence-electron chi connectivity index (χ4n) is 1.91. The highest BCUT2D eigenvalue weighted by Gasteiger charge is 2.29. The Morgan fingerprint density at radius 3 is 2.84 bits per heavy atom. The third-order valence-electron chi connectivity index (χ3n) is 3.25. The number of hydrogen-bond donors (Lipinski definition) is 2. The maximum absolute atomic E-state index is 12.0. The van der Waals surface area contributed by atoms with E-state index in [0.29, 0.717) is 18.1 Å². The van der Waals surface area contributed by atoms with Crippen molar-refractivity contribution in [1.82, 2.24) is 4.72 Å². The van der Waals surface area contributed by atoms with Crippen LogP contribution in [0.1, 0.15) is 19.3 Å². The van der Waals surface area contributed by atoms with Crippen LogP contribution in [-0.4, -0.2) is 33.3 Å². The Hall–Kier alpha value is -1.11. The van der Waals surface area contributed by atoms with Gasteiger partial charge >= 0.3 is 0 Å². The highest BCUT2D eigenvalue weighted by atomic mass is 32.2. The van der Waals surface area contributed by atoms with Crippen LogP contribution in [0.15, 0.2) is 29.2 Å². The molecule has 1 unspecified atom stereocenters. The minimum atomic E-state index is -3.53. The maximum Gasteiger partial charge on any atom is 0.240 e. The Morgan fingerprint density at radius 2 is 2.21 bits per heavy atom. The van der Waals surface area contributed by atoms with E-state index in [1.165, 1.54) is 19.2 Å². The fourth-order valence-corrected chi connectivity index (χ4v) is 2.99. The summed E-state index contributed by atoms with van der Waals surface area (Å²) in [6, 6.07) is 6.31. The van der Waals surface area contributed by atoms with E-state index in [2.05, 4.69) is 4.72 Å². The van der Waals surface area contributed by atoms with Gasteiger partial charge in [-0.2, -0.15) is 0 Å². The van der Waals surface area contributed by atoms with Crippen LogP contribution in [0, 0.1) is 5.92 Å². The lowest BCUT2D eigenvalue weighted by molar-refractivity contribution is 0.143. The molecule has 0 aliphatic heterocycles. The predicted molar refractivity (Wildman–Crippen MR) is 71.5 cm³/mol. The first-order valence-electron chi connectivity index (χ1n) is 6.35. The van der Waals surface area contributed by atoms with Gasteiger partial charge in [-0.3, -0.25) is 0 Å². The van der Waals surface area contributed by atoms with Gasteiger partial charge in [0.05, 0.1) is 18.1 Å². The summed E-state index contributed by atoms with van der Waals surface area (Å²) < 4.78 is 31.5. The first kappa shape index (κ1) is 14.3. The van der Waals surface area contributed by atoms with Gasteiger partial charge in [0.15, 0.2) is 0 Å². The molecule has 0 heterocycles. The molecule has 0 amide bonds. The minimum absolute atomic E-state index is 0.174. The summed E-state index contributed by atoms with van der Waals surface area (Å²) in [6.45, 7) is 0.247. The molecule has 1 aliphatic rings. The summed E-state index contributed by atoms with van der Waals surface area (Å²) in [7, 11) is -2.04. The minimum Gasteiger partial charge on any atom is -0.497 e. The normalized spacial score (nSPS) is 17.2. The molecule has 1 aliphatic carbocycles. The molecule has 0 saturated heterocycles. The van der Waals surface area contributed by atoms with E-state index in [1.807, 2.05) is 0 Å². The van der Waals surface area contributed by atoms with Gasteiger partial charge in [-0.15, -0.1) is 0 Å². The molecule has 1 aromatic carbocycles. The van der Waals surface area contributed by atoms with E-state index in [4.69, 9.17) is 4.74 Å². The van der Waals surface area contributed by atoms with E-state index in [-0.39, 0.29) is 11.4 Å². The second kappa shape index (κ2) is 5.90. The van der Waals surface area contributed by atoms with E-state index in [1.54, 1.807) is 12.1 Å². The van der Waals surface area contributed by atoms with Crippen molar-refractivity contribution in [2.45, 2.75) is 30.3 Å². The van der Waals surface area contributed by atoms with Gasteiger partial charge in [-0.25, -0.2) is 13.1 Å². The molecule has 5 nitrogen and oxygen atoms in total. The number of rotatable bonds is 7. The fraction of sp³-hybridized carbons (Fsp3) is 0.538. The molecule has 2 N–H and O–H groups in total. The van der Waals surface area contributed by atoms with E-state index >= 15 is 0 Å². The number of sulfonamides is 1. The quantitative estimate of drug-likeness (QED) is 0.787. The molecule has 1 atom stereocenters. The molecule has 1 fully saturated rings. The summed E-state index contributed by atoms with van der Waals surface area (Å²) >= 11 is 0. The number of aliphatic hydroxyl groups excluding tert-OH is 1. The zero-order valence-electron chi connectivity index (χ0n) is 10.9. The number of aliphatic hydroxyl groups is 1. The average molecular weight is 285 g/mol. The van der Waals surface area contributed by atoms with E-state index in [0.717, 1.165) is 12.8 Å². The Morgan fingerprint density at radius 1 is 1.47 bits per heavy atom. The van der Waals surface area contributed by atoms with E-state index in [9.17, 15) is 13.5 Å². The molecule has 106 valence electrons. The van der Waals surface area contributed by atoms with Gasteiger partial charge < -0.3 is 9.84 Å². The van der Waals surface area contributed by atoms with Crippen LogP contribution >= 0.6 is 0 Å². The number of hydrogen-bond acceptors (Lipinski definition) is 4. The second-order valence-electron chi connectivity index (χ2n) is 4.77. The third kappa shape index (κ3) is 3.92. The Labute approximate surface area is 113 Å². The smallest absolute Gasteiger partial charge is 0.240 e. The highest BCUT2D eigenvalue weighted by Crippen LogP contribution is 2.33. The van der Waals surface area contributed by atoms with Gasteiger partial charge in [-0.1, -0.05) is 6.07 Å². The lowest BCUT2D eigenvalue weighted by atomic mass is 10.2. The molecular formula is C13H19NO4S. The number of nitrogens with one attached hydrogen (secondary N) is 1. The Bertz CT molecular complexity index is 525. The molecule has 1 saturated carbocycles. The average Bonchev–Trinajstić information content (AvgIpc) is 3.23.